The molecule has 29 heavy (non-hydrogen) atoms. The Bertz CT molecular complexity index is 1110. The number of carbonyl (C=O) groups is 2. The van der Waals surface area contributed by atoms with Crippen molar-refractivity contribution in [3.05, 3.63) is 69.9 Å². The number of non-ortho nitro benzene ring substituents is 1. The summed E-state index contributed by atoms with van der Waals surface area (Å²) in [4.78, 5) is 36.7. The Hall–Kier alpha value is -3.89. The number of aromatic nitrogens is 1. The first-order valence-electron chi connectivity index (χ1n) is 8.05. The van der Waals surface area contributed by atoms with Gasteiger partial charge in [-0.1, -0.05) is 18.2 Å². The van der Waals surface area contributed by atoms with E-state index < -0.39 is 46.5 Å². The number of aromatic amines is 1. The number of hydrogen-bond donors (Lipinski definition) is 2. The number of esters is 1. The largest absolute Gasteiger partial charge is 0.452 e. The molecule has 0 spiro atoms. The lowest BCUT2D eigenvalue weighted by Crippen LogP contribution is -2.22. The maximum absolute atomic E-state index is 13.1. The number of benzene rings is 2. The number of H-pyrrole nitrogens is 1. The van der Waals surface area contributed by atoms with Gasteiger partial charge in [-0.2, -0.15) is 13.2 Å². The van der Waals surface area contributed by atoms with Crippen LogP contribution in [-0.4, -0.2) is 28.4 Å². The molecule has 11 heteroatoms. The Morgan fingerprint density at radius 3 is 2.59 bits per heavy atom. The Morgan fingerprint density at radius 1 is 1.17 bits per heavy atom. The summed E-state index contributed by atoms with van der Waals surface area (Å²) in [6.07, 6.45) is -3.54. The molecule has 3 aromatic rings. The number of halogens is 3. The summed E-state index contributed by atoms with van der Waals surface area (Å²) >= 11 is 0. The number of hydrogen-bond acceptors (Lipinski definition) is 5. The Kier molecular flexibility index (Phi) is 5.22. The molecule has 3 rings (SSSR count). The maximum atomic E-state index is 13.1. The van der Waals surface area contributed by atoms with Crippen LogP contribution in [0.4, 0.5) is 24.5 Å². The lowest BCUT2D eigenvalue weighted by atomic mass is 10.1. The van der Waals surface area contributed by atoms with E-state index >= 15 is 0 Å². The fourth-order valence-electron chi connectivity index (χ4n) is 2.62. The van der Waals surface area contributed by atoms with Crippen molar-refractivity contribution in [2.75, 3.05) is 11.9 Å². The quantitative estimate of drug-likeness (QED) is 0.378. The van der Waals surface area contributed by atoms with Gasteiger partial charge in [0.25, 0.3) is 11.6 Å². The van der Waals surface area contributed by atoms with E-state index in [0.29, 0.717) is 17.0 Å². The summed E-state index contributed by atoms with van der Waals surface area (Å²) in [5.74, 6) is -1.87. The average molecular weight is 407 g/mol. The van der Waals surface area contributed by atoms with Crippen molar-refractivity contribution in [2.24, 2.45) is 0 Å². The van der Waals surface area contributed by atoms with Gasteiger partial charge in [-0.25, -0.2) is 4.79 Å². The molecular formula is C18H12F3N3O5. The summed E-state index contributed by atoms with van der Waals surface area (Å²) in [5, 5.41) is 13.2. The summed E-state index contributed by atoms with van der Waals surface area (Å²) in [6.45, 7) is -0.841. The van der Waals surface area contributed by atoms with Gasteiger partial charge in [-0.3, -0.25) is 14.9 Å². The van der Waals surface area contributed by atoms with E-state index in [1.54, 1.807) is 24.3 Å². The number of nitrogens with one attached hydrogen (secondary N) is 2. The van der Waals surface area contributed by atoms with Crippen molar-refractivity contribution in [2.45, 2.75) is 6.18 Å². The minimum Gasteiger partial charge on any atom is -0.452 e. The molecule has 0 saturated heterocycles. The molecule has 150 valence electrons. The van der Waals surface area contributed by atoms with Crippen molar-refractivity contribution in [1.82, 2.24) is 4.98 Å². The highest BCUT2D eigenvalue weighted by Crippen LogP contribution is 2.37. The van der Waals surface area contributed by atoms with Crippen LogP contribution in [0, 0.1) is 10.1 Å². The Labute approximate surface area is 160 Å². The van der Waals surface area contributed by atoms with Gasteiger partial charge in [0.1, 0.15) is 0 Å². The van der Waals surface area contributed by atoms with Gasteiger partial charge in [-0.15, -0.1) is 0 Å². The first-order chi connectivity index (χ1) is 13.7. The second-order valence-corrected chi connectivity index (χ2v) is 5.86. The second kappa shape index (κ2) is 7.62. The van der Waals surface area contributed by atoms with Crippen LogP contribution in [0.2, 0.25) is 0 Å². The van der Waals surface area contributed by atoms with Gasteiger partial charge in [0.2, 0.25) is 0 Å². The third-order valence-corrected chi connectivity index (χ3v) is 3.94. The number of rotatable bonds is 5. The summed E-state index contributed by atoms with van der Waals surface area (Å²) < 4.78 is 44.2. The van der Waals surface area contributed by atoms with Gasteiger partial charge in [0, 0.05) is 29.2 Å². The van der Waals surface area contributed by atoms with Crippen LogP contribution in [0.3, 0.4) is 0 Å². The molecule has 0 unspecified atom stereocenters. The minimum atomic E-state index is -4.94. The molecule has 1 aromatic heterocycles. The normalized spacial score (nSPS) is 11.3. The molecule has 1 amide bonds. The number of nitro benzene ring substituents is 1. The van der Waals surface area contributed by atoms with E-state index in [-0.39, 0.29) is 5.56 Å². The van der Waals surface area contributed by atoms with Crippen LogP contribution >= 0.6 is 0 Å². The molecule has 1 heterocycles. The van der Waals surface area contributed by atoms with Crippen LogP contribution in [0.15, 0.2) is 48.7 Å². The van der Waals surface area contributed by atoms with Gasteiger partial charge in [0.05, 0.1) is 21.7 Å². The molecule has 8 nitrogen and oxygen atoms in total. The van der Waals surface area contributed by atoms with E-state index in [1.807, 2.05) is 5.32 Å². The van der Waals surface area contributed by atoms with E-state index in [1.165, 1.54) is 6.20 Å². The molecular weight excluding hydrogens is 395 g/mol. The number of alkyl halides is 3. The number of anilines is 1. The first-order valence-corrected chi connectivity index (χ1v) is 8.05. The van der Waals surface area contributed by atoms with Gasteiger partial charge in [-0.05, 0) is 12.1 Å². The molecule has 0 aliphatic heterocycles. The number of ether oxygens (including phenoxy) is 1. The van der Waals surface area contributed by atoms with Crippen LogP contribution in [-0.2, 0) is 15.7 Å². The molecule has 0 aliphatic carbocycles. The molecule has 2 aromatic carbocycles. The van der Waals surface area contributed by atoms with Crippen LogP contribution < -0.4 is 5.32 Å². The van der Waals surface area contributed by atoms with Crippen molar-refractivity contribution < 1.29 is 32.4 Å². The number of para-hydroxylation sites is 1. The second-order valence-electron chi connectivity index (χ2n) is 5.86. The predicted molar refractivity (Wildman–Crippen MR) is 95.3 cm³/mol. The fourth-order valence-corrected chi connectivity index (χ4v) is 2.62. The van der Waals surface area contributed by atoms with E-state index in [0.717, 1.165) is 12.1 Å². The molecule has 2 N–H and O–H groups in total. The lowest BCUT2D eigenvalue weighted by Gasteiger charge is -2.13. The number of amides is 1. The third-order valence-electron chi connectivity index (χ3n) is 3.94. The van der Waals surface area contributed by atoms with Crippen LogP contribution in [0.5, 0.6) is 0 Å². The highest BCUT2D eigenvalue weighted by atomic mass is 19.4. The number of nitro groups is 1. The minimum absolute atomic E-state index is 0.166. The van der Waals surface area contributed by atoms with E-state index in [4.69, 9.17) is 4.74 Å². The first kappa shape index (κ1) is 19.9. The number of fused-ring (bicyclic) bond motifs is 1. The van der Waals surface area contributed by atoms with E-state index in [9.17, 15) is 32.9 Å². The third kappa shape index (κ3) is 4.34. The smallest absolute Gasteiger partial charge is 0.418 e. The average Bonchev–Trinajstić information content (AvgIpc) is 3.09. The Morgan fingerprint density at radius 2 is 1.90 bits per heavy atom. The van der Waals surface area contributed by atoms with Gasteiger partial charge >= 0.3 is 12.1 Å². The molecule has 0 aliphatic rings. The standard InChI is InChI=1S/C18H12F3N3O5/c19-18(20,21)13-7-10(24(27)28)5-6-15(13)23-16(25)9-29-17(26)12-8-22-14-4-2-1-3-11(12)14/h1-8,22H,9H2,(H,23,25). The van der Waals surface area contributed by atoms with Gasteiger partial charge in [0.15, 0.2) is 6.61 Å². The van der Waals surface area contributed by atoms with E-state index in [2.05, 4.69) is 4.98 Å². The highest BCUT2D eigenvalue weighted by molar-refractivity contribution is 6.05. The number of nitrogens with zero attached hydrogens (tertiary/aromatic N) is 1. The van der Waals surface area contributed by atoms with Crippen molar-refractivity contribution in [1.29, 1.82) is 0 Å². The molecule has 0 saturated carbocycles. The molecule has 0 bridgehead atoms. The molecule has 0 atom stereocenters. The molecule has 0 fully saturated rings. The zero-order valence-electron chi connectivity index (χ0n) is 14.4. The number of carbonyl (C=O) groups excluding carboxylic acids is 2. The van der Waals surface area contributed by atoms with Crippen LogP contribution in [0.1, 0.15) is 15.9 Å². The zero-order chi connectivity index (χ0) is 21.2. The van der Waals surface area contributed by atoms with Crippen molar-refractivity contribution in [3.8, 4) is 0 Å². The predicted octanol–water partition coefficient (Wildman–Crippen LogP) is 3.89. The lowest BCUT2D eigenvalue weighted by molar-refractivity contribution is -0.385. The summed E-state index contributed by atoms with van der Waals surface area (Å²) in [6, 6.07) is 8.74. The molecule has 0 radical (unpaired) electrons. The fraction of sp³-hybridized carbons (Fsp3) is 0.111. The van der Waals surface area contributed by atoms with Gasteiger partial charge < -0.3 is 15.0 Å². The van der Waals surface area contributed by atoms with Crippen LogP contribution in [0.25, 0.3) is 10.9 Å². The summed E-state index contributed by atoms with van der Waals surface area (Å²) in [5.41, 5.74) is -2.01. The monoisotopic (exact) mass is 407 g/mol. The zero-order valence-corrected chi connectivity index (χ0v) is 14.4. The topological polar surface area (TPSA) is 114 Å². The van der Waals surface area contributed by atoms with Crippen molar-refractivity contribution in [3.63, 3.8) is 0 Å². The SMILES string of the molecule is O=C(COC(=O)c1c[nH]c2ccccc12)Nc1ccc([N+](=O)[O-])cc1C(F)(F)F. The Balaban J connectivity index is 1.71. The van der Waals surface area contributed by atoms with Crippen molar-refractivity contribution >= 4 is 34.2 Å². The highest BCUT2D eigenvalue weighted by Gasteiger charge is 2.35. The summed E-state index contributed by atoms with van der Waals surface area (Å²) in [7, 11) is 0. The maximum Gasteiger partial charge on any atom is 0.418 e.